The minimum Gasteiger partial charge on any atom is -0.456 e. The minimum absolute atomic E-state index is 0.918. The van der Waals surface area contributed by atoms with Crippen LogP contribution in [0, 0.1) is 0 Å². The minimum atomic E-state index is 0.918. The van der Waals surface area contributed by atoms with Crippen LogP contribution in [0.5, 0.6) is 0 Å². The molecule has 2 heteroatoms. The van der Waals surface area contributed by atoms with Gasteiger partial charge in [0.25, 0.3) is 0 Å². The van der Waals surface area contributed by atoms with E-state index in [-0.39, 0.29) is 0 Å². The summed E-state index contributed by atoms with van der Waals surface area (Å²) in [7, 11) is 0. The van der Waals surface area contributed by atoms with Gasteiger partial charge in [-0.05, 0) is 139 Å². The number of hydrogen-bond acceptors (Lipinski definition) is 2. The normalized spacial score (nSPS) is 11.8. The fourth-order valence-corrected chi connectivity index (χ4v) is 7.92. The van der Waals surface area contributed by atoms with Gasteiger partial charge >= 0.3 is 0 Å². The number of hydrogen-bond donors (Lipinski definition) is 0. The van der Waals surface area contributed by atoms with Crippen LogP contribution in [-0.4, -0.2) is 0 Å². The quantitative estimate of drug-likeness (QED) is 0.175. The Morgan fingerprint density at radius 1 is 0.212 bits per heavy atom. The van der Waals surface area contributed by atoms with E-state index in [0.29, 0.717) is 0 Å². The van der Waals surface area contributed by atoms with Crippen molar-refractivity contribution in [1.29, 1.82) is 0 Å². The molecule has 2 aromatic heterocycles. The molecule has 0 aliphatic carbocycles. The zero-order chi connectivity index (χ0) is 34.2. The number of para-hydroxylation sites is 2. The second-order valence-corrected chi connectivity index (χ2v) is 13.8. The summed E-state index contributed by atoms with van der Waals surface area (Å²) in [6, 6.07) is 65.4. The predicted molar refractivity (Wildman–Crippen MR) is 218 cm³/mol. The molecule has 0 aliphatic rings. The molecule has 242 valence electrons. The summed E-state index contributed by atoms with van der Waals surface area (Å²) in [6.07, 6.45) is 0. The predicted octanol–water partition coefficient (Wildman–Crippen LogP) is 14.5. The molecule has 9 aromatic carbocycles. The first-order chi connectivity index (χ1) is 25.7. The molecule has 0 atom stereocenters. The van der Waals surface area contributed by atoms with E-state index in [9.17, 15) is 0 Å². The van der Waals surface area contributed by atoms with Crippen molar-refractivity contribution in [3.63, 3.8) is 0 Å². The maximum absolute atomic E-state index is 6.08. The van der Waals surface area contributed by atoms with E-state index < -0.39 is 0 Å². The van der Waals surface area contributed by atoms with Crippen LogP contribution in [0.2, 0.25) is 0 Å². The van der Waals surface area contributed by atoms with Crippen LogP contribution < -0.4 is 0 Å². The zero-order valence-electron chi connectivity index (χ0n) is 28.1. The maximum atomic E-state index is 6.08. The van der Waals surface area contributed by atoms with Crippen molar-refractivity contribution in [2.24, 2.45) is 0 Å². The van der Waals surface area contributed by atoms with Crippen molar-refractivity contribution in [2.75, 3.05) is 0 Å². The first kappa shape index (κ1) is 28.9. The van der Waals surface area contributed by atoms with Gasteiger partial charge < -0.3 is 8.83 Å². The summed E-state index contributed by atoms with van der Waals surface area (Å²) < 4.78 is 12.2. The van der Waals surface area contributed by atoms with Gasteiger partial charge in [0.1, 0.15) is 22.3 Å². The number of furan rings is 2. The maximum Gasteiger partial charge on any atom is 0.135 e. The first-order valence-corrected chi connectivity index (χ1v) is 17.7. The number of benzene rings is 9. The Morgan fingerprint density at radius 2 is 0.577 bits per heavy atom. The molecule has 0 fully saturated rings. The van der Waals surface area contributed by atoms with Crippen molar-refractivity contribution in [2.45, 2.75) is 0 Å². The molecule has 2 nitrogen and oxygen atoms in total. The first-order valence-electron chi connectivity index (χ1n) is 17.7. The van der Waals surface area contributed by atoms with E-state index in [1.807, 2.05) is 24.3 Å². The SMILES string of the molecule is c1cc(-c2ccc3cc4cc(-c5cccc(-c6ccc7oc8ccccc8c7c6)c5)ccc4cc3c2)cc(-c2ccc3oc4ccccc4c3c2)c1. The topological polar surface area (TPSA) is 26.3 Å². The third kappa shape index (κ3) is 4.73. The van der Waals surface area contributed by atoms with E-state index in [1.165, 1.54) is 66.1 Å². The van der Waals surface area contributed by atoms with Gasteiger partial charge in [-0.2, -0.15) is 0 Å². The van der Waals surface area contributed by atoms with Gasteiger partial charge in [0.2, 0.25) is 0 Å². The van der Waals surface area contributed by atoms with E-state index in [4.69, 9.17) is 8.83 Å². The molecule has 0 unspecified atom stereocenters. The largest absolute Gasteiger partial charge is 0.456 e. The van der Waals surface area contributed by atoms with Gasteiger partial charge in [0.05, 0.1) is 0 Å². The fraction of sp³-hybridized carbons (Fsp3) is 0. The lowest BCUT2D eigenvalue weighted by atomic mass is 9.94. The van der Waals surface area contributed by atoms with Crippen LogP contribution in [-0.2, 0) is 0 Å². The summed E-state index contributed by atoms with van der Waals surface area (Å²) >= 11 is 0. The standard InChI is InChI=1S/C50H30O2/c1-3-13-47-43(11-1)45-29-39(19-21-49(45)51-47)33-9-5-7-31(23-33)35-15-17-37-28-42-26-36(16-18-38(42)27-41(37)25-35)32-8-6-10-34(24-32)40-20-22-50-46(30-40)44-12-2-4-14-48(44)52-50/h1-30H. The van der Waals surface area contributed by atoms with Crippen LogP contribution in [0.3, 0.4) is 0 Å². The lowest BCUT2D eigenvalue weighted by Crippen LogP contribution is -1.84. The molecule has 0 saturated carbocycles. The number of fused-ring (bicyclic) bond motifs is 8. The molecule has 0 bridgehead atoms. The van der Waals surface area contributed by atoms with Crippen LogP contribution in [0.25, 0.3) is 110 Å². The van der Waals surface area contributed by atoms with Gasteiger partial charge in [-0.3, -0.25) is 0 Å². The average molecular weight is 663 g/mol. The average Bonchev–Trinajstić information content (AvgIpc) is 3.77. The summed E-state index contributed by atoms with van der Waals surface area (Å²) in [6.45, 7) is 0. The Hall–Kier alpha value is -6.90. The monoisotopic (exact) mass is 662 g/mol. The van der Waals surface area contributed by atoms with Crippen molar-refractivity contribution < 1.29 is 8.83 Å². The van der Waals surface area contributed by atoms with Gasteiger partial charge in [-0.25, -0.2) is 0 Å². The smallest absolute Gasteiger partial charge is 0.135 e. The van der Waals surface area contributed by atoms with Crippen LogP contribution in [0.1, 0.15) is 0 Å². The molecule has 0 spiro atoms. The summed E-state index contributed by atoms with van der Waals surface area (Å²) in [5.41, 5.74) is 13.2. The third-order valence-corrected chi connectivity index (χ3v) is 10.6. The third-order valence-electron chi connectivity index (χ3n) is 10.6. The Kier molecular flexibility index (Phi) is 6.28. The van der Waals surface area contributed by atoms with Crippen molar-refractivity contribution in [3.8, 4) is 44.5 Å². The van der Waals surface area contributed by atoms with Crippen molar-refractivity contribution in [1.82, 2.24) is 0 Å². The van der Waals surface area contributed by atoms with Gasteiger partial charge in [0.15, 0.2) is 0 Å². The Morgan fingerprint density at radius 3 is 1.04 bits per heavy atom. The Balaban J connectivity index is 0.919. The van der Waals surface area contributed by atoms with Crippen LogP contribution >= 0.6 is 0 Å². The Labute approximate surface area is 299 Å². The molecule has 11 rings (SSSR count). The molecule has 0 radical (unpaired) electrons. The molecule has 52 heavy (non-hydrogen) atoms. The highest BCUT2D eigenvalue weighted by atomic mass is 16.3. The van der Waals surface area contributed by atoms with E-state index in [0.717, 1.165) is 43.9 Å². The highest BCUT2D eigenvalue weighted by molar-refractivity contribution is 6.07. The molecule has 0 N–H and O–H groups in total. The van der Waals surface area contributed by atoms with Gasteiger partial charge in [-0.15, -0.1) is 0 Å². The summed E-state index contributed by atoms with van der Waals surface area (Å²) in [5, 5.41) is 9.52. The van der Waals surface area contributed by atoms with Gasteiger partial charge in [0, 0.05) is 21.5 Å². The zero-order valence-corrected chi connectivity index (χ0v) is 28.1. The highest BCUT2D eigenvalue weighted by Gasteiger charge is 2.12. The molecule has 0 aliphatic heterocycles. The fourth-order valence-electron chi connectivity index (χ4n) is 7.92. The molecular weight excluding hydrogens is 633 g/mol. The molecule has 0 saturated heterocycles. The lowest BCUT2D eigenvalue weighted by Gasteiger charge is -2.10. The Bertz CT molecular complexity index is 2980. The molecule has 2 heterocycles. The van der Waals surface area contributed by atoms with E-state index in [1.54, 1.807) is 0 Å². The van der Waals surface area contributed by atoms with E-state index >= 15 is 0 Å². The second kappa shape index (κ2) is 11.3. The van der Waals surface area contributed by atoms with E-state index in [2.05, 4.69) is 158 Å². The molecule has 0 amide bonds. The highest BCUT2D eigenvalue weighted by Crippen LogP contribution is 2.37. The van der Waals surface area contributed by atoms with Crippen LogP contribution in [0.15, 0.2) is 191 Å². The lowest BCUT2D eigenvalue weighted by molar-refractivity contribution is 0.668. The van der Waals surface area contributed by atoms with Crippen LogP contribution in [0.4, 0.5) is 0 Å². The molecule has 11 aromatic rings. The summed E-state index contributed by atoms with van der Waals surface area (Å²) in [4.78, 5) is 0. The van der Waals surface area contributed by atoms with Crippen molar-refractivity contribution in [3.05, 3.63) is 182 Å². The number of rotatable bonds is 4. The van der Waals surface area contributed by atoms with Gasteiger partial charge in [-0.1, -0.05) is 109 Å². The summed E-state index contributed by atoms with van der Waals surface area (Å²) in [5.74, 6) is 0. The van der Waals surface area contributed by atoms with Crippen molar-refractivity contribution >= 4 is 65.4 Å². The second-order valence-electron chi connectivity index (χ2n) is 13.8. The molecular formula is C50H30O2.